The van der Waals surface area contributed by atoms with Gasteiger partial charge in [0.1, 0.15) is 0 Å². The summed E-state index contributed by atoms with van der Waals surface area (Å²) in [4.78, 5) is 28.9. The smallest absolute Gasteiger partial charge is 0.253 e. The van der Waals surface area contributed by atoms with Gasteiger partial charge in [-0.2, -0.15) is 0 Å². The Morgan fingerprint density at radius 1 is 1.12 bits per heavy atom. The molecule has 0 fully saturated rings. The molecule has 1 heterocycles. The van der Waals surface area contributed by atoms with Gasteiger partial charge in [0.2, 0.25) is 5.91 Å². The number of benzene rings is 2. The fourth-order valence-corrected chi connectivity index (χ4v) is 3.47. The number of anilines is 2. The Kier molecular flexibility index (Phi) is 4.99. The lowest BCUT2D eigenvalue weighted by Gasteiger charge is -2.21. The highest BCUT2D eigenvalue weighted by atomic mass is 32.2. The number of nitrogens with zero attached hydrogens (tertiary/aromatic N) is 2. The van der Waals surface area contributed by atoms with Gasteiger partial charge in [-0.1, -0.05) is 12.1 Å². The first-order chi connectivity index (χ1) is 11.9. The molecule has 3 rings (SSSR count). The lowest BCUT2D eigenvalue weighted by Crippen LogP contribution is -2.27. The third-order valence-corrected chi connectivity index (χ3v) is 5.15. The summed E-state index contributed by atoms with van der Waals surface area (Å²) < 4.78 is 0. The van der Waals surface area contributed by atoms with E-state index in [1.807, 2.05) is 55.4 Å². The van der Waals surface area contributed by atoms with Crippen LogP contribution in [0.25, 0.3) is 0 Å². The van der Waals surface area contributed by atoms with Gasteiger partial charge in [0.25, 0.3) is 5.91 Å². The molecule has 130 valence electrons. The standard InChI is InChI=1S/C19H21N3O2S/c1-21(2)15-7-4-13(5-8-15)11-22(3)19(24)14-6-9-17-16(10-14)20-18(23)12-25-17/h4-10H,11-12H2,1-3H3,(H,20,23). The van der Waals surface area contributed by atoms with Crippen LogP contribution >= 0.6 is 11.8 Å². The lowest BCUT2D eigenvalue weighted by molar-refractivity contribution is -0.113. The summed E-state index contributed by atoms with van der Waals surface area (Å²) in [5, 5.41) is 2.83. The van der Waals surface area contributed by atoms with Crippen LogP contribution in [-0.4, -0.2) is 43.6 Å². The third kappa shape index (κ3) is 3.96. The molecular weight excluding hydrogens is 334 g/mol. The number of hydrogen-bond acceptors (Lipinski definition) is 4. The number of fused-ring (bicyclic) bond motifs is 1. The molecule has 1 N–H and O–H groups in total. The van der Waals surface area contributed by atoms with Crippen molar-refractivity contribution >= 4 is 35.0 Å². The topological polar surface area (TPSA) is 52.6 Å². The predicted octanol–water partition coefficient (Wildman–Crippen LogP) is 3.07. The molecule has 5 nitrogen and oxygen atoms in total. The molecule has 0 spiro atoms. The van der Waals surface area contributed by atoms with Crippen molar-refractivity contribution in [3.8, 4) is 0 Å². The molecule has 0 saturated heterocycles. The van der Waals surface area contributed by atoms with E-state index in [-0.39, 0.29) is 11.8 Å². The molecule has 0 aliphatic carbocycles. The van der Waals surface area contributed by atoms with Gasteiger partial charge in [0, 0.05) is 43.8 Å². The molecule has 2 aromatic carbocycles. The number of carbonyl (C=O) groups excluding carboxylic acids is 2. The highest BCUT2D eigenvalue weighted by Gasteiger charge is 2.19. The molecule has 0 aromatic heterocycles. The number of rotatable bonds is 4. The van der Waals surface area contributed by atoms with Crippen LogP contribution in [-0.2, 0) is 11.3 Å². The quantitative estimate of drug-likeness (QED) is 0.916. The van der Waals surface area contributed by atoms with Crippen molar-refractivity contribution < 1.29 is 9.59 Å². The first-order valence-electron chi connectivity index (χ1n) is 8.02. The molecule has 25 heavy (non-hydrogen) atoms. The minimum atomic E-state index is -0.0655. The molecule has 0 bridgehead atoms. The van der Waals surface area contributed by atoms with E-state index in [2.05, 4.69) is 5.32 Å². The monoisotopic (exact) mass is 355 g/mol. The van der Waals surface area contributed by atoms with Gasteiger partial charge in [-0.25, -0.2) is 0 Å². The largest absolute Gasteiger partial charge is 0.378 e. The van der Waals surface area contributed by atoms with Crippen molar-refractivity contribution in [2.75, 3.05) is 37.1 Å². The van der Waals surface area contributed by atoms with Crippen molar-refractivity contribution in [2.24, 2.45) is 0 Å². The van der Waals surface area contributed by atoms with E-state index in [0.29, 0.717) is 17.9 Å². The zero-order valence-corrected chi connectivity index (χ0v) is 15.4. The van der Waals surface area contributed by atoms with Crippen molar-refractivity contribution in [2.45, 2.75) is 11.4 Å². The first kappa shape index (κ1) is 17.4. The van der Waals surface area contributed by atoms with E-state index in [0.717, 1.165) is 21.8 Å². The lowest BCUT2D eigenvalue weighted by atomic mass is 10.1. The van der Waals surface area contributed by atoms with Crippen LogP contribution in [0, 0.1) is 0 Å². The summed E-state index contributed by atoms with van der Waals surface area (Å²) in [5.41, 5.74) is 3.49. The molecule has 6 heteroatoms. The van der Waals surface area contributed by atoms with Gasteiger partial charge < -0.3 is 15.1 Å². The van der Waals surface area contributed by atoms with Gasteiger partial charge >= 0.3 is 0 Å². The van der Waals surface area contributed by atoms with Gasteiger partial charge in [-0.05, 0) is 35.9 Å². The molecular formula is C19H21N3O2S. The molecule has 1 aliphatic heterocycles. The number of amides is 2. The van der Waals surface area contributed by atoms with Gasteiger partial charge in [0.05, 0.1) is 11.4 Å². The van der Waals surface area contributed by atoms with Crippen LogP contribution < -0.4 is 10.2 Å². The highest BCUT2D eigenvalue weighted by molar-refractivity contribution is 8.00. The van der Waals surface area contributed by atoms with Gasteiger partial charge in [0.15, 0.2) is 0 Å². The molecule has 1 aliphatic rings. The summed E-state index contributed by atoms with van der Waals surface area (Å²) in [7, 11) is 5.78. The minimum Gasteiger partial charge on any atom is -0.378 e. The number of nitrogens with one attached hydrogen (secondary N) is 1. The SMILES string of the molecule is CN(Cc1ccc(N(C)C)cc1)C(=O)c1ccc2c(c1)NC(=O)CS2. The summed E-state index contributed by atoms with van der Waals surface area (Å²) in [6.45, 7) is 0.532. The Labute approximate surface area is 152 Å². The maximum atomic E-state index is 12.7. The van der Waals surface area contributed by atoms with Crippen molar-refractivity contribution in [3.05, 3.63) is 53.6 Å². The average Bonchev–Trinajstić information content (AvgIpc) is 2.60. The fourth-order valence-electron chi connectivity index (χ4n) is 2.68. The highest BCUT2D eigenvalue weighted by Crippen LogP contribution is 2.32. The molecule has 0 saturated carbocycles. The second kappa shape index (κ2) is 7.19. The fraction of sp³-hybridized carbons (Fsp3) is 0.263. The first-order valence-corrected chi connectivity index (χ1v) is 9.01. The number of thioether (sulfide) groups is 1. The molecule has 0 unspecified atom stereocenters. The van der Waals surface area contributed by atoms with E-state index in [1.165, 1.54) is 11.8 Å². The average molecular weight is 355 g/mol. The van der Waals surface area contributed by atoms with E-state index < -0.39 is 0 Å². The number of hydrogen-bond donors (Lipinski definition) is 1. The summed E-state index contributed by atoms with van der Waals surface area (Å²) in [5.74, 6) is 0.323. The normalized spacial score (nSPS) is 13.0. The predicted molar refractivity (Wildman–Crippen MR) is 102 cm³/mol. The Balaban J connectivity index is 1.72. The van der Waals surface area contributed by atoms with E-state index in [4.69, 9.17) is 0 Å². The van der Waals surface area contributed by atoms with Crippen LogP contribution in [0.2, 0.25) is 0 Å². The Morgan fingerprint density at radius 2 is 1.84 bits per heavy atom. The molecule has 2 aromatic rings. The number of carbonyl (C=O) groups is 2. The van der Waals surface area contributed by atoms with E-state index >= 15 is 0 Å². The van der Waals surface area contributed by atoms with E-state index in [1.54, 1.807) is 18.0 Å². The zero-order valence-electron chi connectivity index (χ0n) is 14.6. The van der Waals surface area contributed by atoms with Gasteiger partial charge in [-0.15, -0.1) is 11.8 Å². The molecule has 0 atom stereocenters. The Bertz CT molecular complexity index is 803. The Morgan fingerprint density at radius 3 is 2.52 bits per heavy atom. The second-order valence-electron chi connectivity index (χ2n) is 6.27. The summed E-state index contributed by atoms with van der Waals surface area (Å²) in [6, 6.07) is 13.6. The van der Waals surface area contributed by atoms with E-state index in [9.17, 15) is 9.59 Å². The molecule has 2 amide bonds. The van der Waals surface area contributed by atoms with Crippen LogP contribution in [0.1, 0.15) is 15.9 Å². The van der Waals surface area contributed by atoms with Crippen molar-refractivity contribution in [1.82, 2.24) is 4.90 Å². The van der Waals surface area contributed by atoms with Crippen LogP contribution in [0.3, 0.4) is 0 Å². The Hall–Kier alpha value is -2.47. The third-order valence-electron chi connectivity index (χ3n) is 4.08. The van der Waals surface area contributed by atoms with Crippen LogP contribution in [0.4, 0.5) is 11.4 Å². The van der Waals surface area contributed by atoms with Gasteiger partial charge in [-0.3, -0.25) is 9.59 Å². The van der Waals surface area contributed by atoms with Crippen LogP contribution in [0.5, 0.6) is 0 Å². The zero-order chi connectivity index (χ0) is 18.0. The second-order valence-corrected chi connectivity index (χ2v) is 7.29. The maximum Gasteiger partial charge on any atom is 0.253 e. The van der Waals surface area contributed by atoms with Crippen LogP contribution in [0.15, 0.2) is 47.4 Å². The summed E-state index contributed by atoms with van der Waals surface area (Å²) >= 11 is 1.49. The van der Waals surface area contributed by atoms with Crippen molar-refractivity contribution in [1.29, 1.82) is 0 Å². The maximum absolute atomic E-state index is 12.7. The minimum absolute atomic E-state index is 0.0311. The summed E-state index contributed by atoms with van der Waals surface area (Å²) in [6.07, 6.45) is 0. The molecule has 0 radical (unpaired) electrons. The van der Waals surface area contributed by atoms with Crippen molar-refractivity contribution in [3.63, 3.8) is 0 Å².